The number of rotatable bonds is 5. The van der Waals surface area contributed by atoms with E-state index in [1.54, 1.807) is 6.33 Å². The first-order valence-corrected chi connectivity index (χ1v) is 7.62. The van der Waals surface area contributed by atoms with Crippen LogP contribution in [0.3, 0.4) is 0 Å². The molecule has 0 fully saturated rings. The molecule has 0 saturated carbocycles. The van der Waals surface area contributed by atoms with Gasteiger partial charge in [0.05, 0.1) is 24.4 Å². The normalized spacial score (nSPS) is 10.5. The molecule has 116 valence electrons. The fraction of sp³-hybridized carbons (Fsp3) is 0.158. The highest BCUT2D eigenvalue weighted by atomic mass is 16.5. The molecule has 1 heterocycles. The van der Waals surface area contributed by atoms with E-state index in [1.165, 1.54) is 0 Å². The Bertz CT molecular complexity index is 723. The Labute approximate surface area is 135 Å². The van der Waals surface area contributed by atoms with Gasteiger partial charge in [-0.1, -0.05) is 48.5 Å². The first-order valence-electron chi connectivity index (χ1n) is 7.62. The van der Waals surface area contributed by atoms with Gasteiger partial charge in [-0.25, -0.2) is 4.98 Å². The summed E-state index contributed by atoms with van der Waals surface area (Å²) in [5.74, 6) is -0.248. The van der Waals surface area contributed by atoms with Crippen LogP contribution in [0.2, 0.25) is 0 Å². The lowest BCUT2D eigenvalue weighted by Crippen LogP contribution is -2.11. The summed E-state index contributed by atoms with van der Waals surface area (Å²) in [5.41, 5.74) is 3.60. The quantitative estimate of drug-likeness (QED) is 0.676. The van der Waals surface area contributed by atoms with Crippen molar-refractivity contribution in [3.8, 4) is 16.9 Å². The summed E-state index contributed by atoms with van der Waals surface area (Å²) in [4.78, 5) is 16.5. The lowest BCUT2D eigenvalue weighted by Gasteiger charge is -2.10. The van der Waals surface area contributed by atoms with E-state index in [0.717, 1.165) is 22.6 Å². The molecule has 0 atom stereocenters. The smallest absolute Gasteiger partial charge is 0.311 e. The van der Waals surface area contributed by atoms with Crippen LogP contribution in [0.15, 0.2) is 67.0 Å². The van der Waals surface area contributed by atoms with Crippen LogP contribution < -0.4 is 0 Å². The molecule has 4 heteroatoms. The van der Waals surface area contributed by atoms with Gasteiger partial charge in [-0.15, -0.1) is 0 Å². The van der Waals surface area contributed by atoms with Gasteiger partial charge in [-0.05, 0) is 19.1 Å². The molecule has 0 saturated heterocycles. The third-order valence-electron chi connectivity index (χ3n) is 3.57. The number of imidazole rings is 1. The topological polar surface area (TPSA) is 44.1 Å². The second-order valence-electron chi connectivity index (χ2n) is 5.09. The molecule has 0 N–H and O–H groups in total. The predicted octanol–water partition coefficient (Wildman–Crippen LogP) is 3.64. The Morgan fingerprint density at radius 3 is 2.35 bits per heavy atom. The Morgan fingerprint density at radius 2 is 1.70 bits per heavy atom. The van der Waals surface area contributed by atoms with Gasteiger partial charge in [-0.2, -0.15) is 0 Å². The van der Waals surface area contributed by atoms with Crippen LogP contribution in [-0.2, 0) is 16.0 Å². The summed E-state index contributed by atoms with van der Waals surface area (Å²) in [6, 6.07) is 19.7. The van der Waals surface area contributed by atoms with Gasteiger partial charge in [-0.3, -0.25) is 4.79 Å². The van der Waals surface area contributed by atoms with E-state index in [2.05, 4.69) is 4.98 Å². The molecule has 3 rings (SSSR count). The van der Waals surface area contributed by atoms with Crippen molar-refractivity contribution in [1.82, 2.24) is 9.55 Å². The van der Waals surface area contributed by atoms with E-state index in [9.17, 15) is 4.79 Å². The maximum atomic E-state index is 12.0. The van der Waals surface area contributed by atoms with Gasteiger partial charge in [0.2, 0.25) is 0 Å². The van der Waals surface area contributed by atoms with Crippen LogP contribution in [0, 0.1) is 0 Å². The summed E-state index contributed by atoms with van der Waals surface area (Å²) < 4.78 is 7.06. The molecule has 23 heavy (non-hydrogen) atoms. The number of carbonyl (C=O) groups excluding carboxylic acids is 1. The second kappa shape index (κ2) is 6.92. The van der Waals surface area contributed by atoms with E-state index in [-0.39, 0.29) is 12.4 Å². The zero-order valence-corrected chi connectivity index (χ0v) is 13.0. The highest BCUT2D eigenvalue weighted by molar-refractivity contribution is 5.76. The SMILES string of the molecule is CCOC(=O)Cc1c(-c2ccccc2)ncn1-c1ccccc1. The number of ether oxygens (including phenoxy) is 1. The minimum atomic E-state index is -0.248. The first kappa shape index (κ1) is 15.0. The summed E-state index contributed by atoms with van der Waals surface area (Å²) in [6.45, 7) is 2.18. The van der Waals surface area contributed by atoms with Gasteiger partial charge >= 0.3 is 5.97 Å². The third-order valence-corrected chi connectivity index (χ3v) is 3.57. The maximum absolute atomic E-state index is 12.0. The number of aromatic nitrogens is 2. The van der Waals surface area contributed by atoms with E-state index in [0.29, 0.717) is 6.61 Å². The lowest BCUT2D eigenvalue weighted by atomic mass is 10.1. The summed E-state index contributed by atoms with van der Waals surface area (Å²) in [5, 5.41) is 0. The molecule has 0 radical (unpaired) electrons. The summed E-state index contributed by atoms with van der Waals surface area (Å²) in [6.07, 6.45) is 1.94. The fourth-order valence-electron chi connectivity index (χ4n) is 2.54. The van der Waals surface area contributed by atoms with Crippen molar-refractivity contribution in [2.24, 2.45) is 0 Å². The van der Waals surface area contributed by atoms with Crippen molar-refractivity contribution in [1.29, 1.82) is 0 Å². The Kier molecular flexibility index (Phi) is 4.52. The van der Waals surface area contributed by atoms with E-state index in [4.69, 9.17) is 4.74 Å². The molecular weight excluding hydrogens is 288 g/mol. The van der Waals surface area contributed by atoms with Gasteiger partial charge < -0.3 is 9.30 Å². The van der Waals surface area contributed by atoms with Crippen LogP contribution >= 0.6 is 0 Å². The molecule has 0 aliphatic rings. The molecule has 0 aliphatic heterocycles. The molecule has 0 spiro atoms. The number of hydrogen-bond acceptors (Lipinski definition) is 3. The molecule has 0 bridgehead atoms. The van der Waals surface area contributed by atoms with Gasteiger partial charge in [0.15, 0.2) is 0 Å². The number of benzene rings is 2. The van der Waals surface area contributed by atoms with Crippen molar-refractivity contribution in [3.05, 3.63) is 72.7 Å². The Hall–Kier alpha value is -2.88. The summed E-state index contributed by atoms with van der Waals surface area (Å²) in [7, 11) is 0. The second-order valence-corrected chi connectivity index (χ2v) is 5.09. The van der Waals surface area contributed by atoms with E-state index < -0.39 is 0 Å². The van der Waals surface area contributed by atoms with E-state index >= 15 is 0 Å². The van der Waals surface area contributed by atoms with Crippen molar-refractivity contribution in [2.75, 3.05) is 6.61 Å². The molecular formula is C19H18N2O2. The minimum Gasteiger partial charge on any atom is -0.466 e. The zero-order chi connectivity index (χ0) is 16.1. The highest BCUT2D eigenvalue weighted by Crippen LogP contribution is 2.25. The molecule has 4 nitrogen and oxygen atoms in total. The number of nitrogens with zero attached hydrogens (tertiary/aromatic N) is 2. The number of carbonyl (C=O) groups is 1. The van der Waals surface area contributed by atoms with Crippen LogP contribution in [0.4, 0.5) is 0 Å². The minimum absolute atomic E-state index is 0.187. The van der Waals surface area contributed by atoms with Gasteiger partial charge in [0.25, 0.3) is 0 Å². The number of hydrogen-bond donors (Lipinski definition) is 0. The van der Waals surface area contributed by atoms with Crippen molar-refractivity contribution >= 4 is 5.97 Å². The third kappa shape index (κ3) is 3.31. The summed E-state index contributed by atoms with van der Waals surface area (Å²) >= 11 is 0. The molecule has 0 aliphatic carbocycles. The van der Waals surface area contributed by atoms with Crippen LogP contribution in [0.5, 0.6) is 0 Å². The van der Waals surface area contributed by atoms with Crippen molar-refractivity contribution < 1.29 is 9.53 Å². The predicted molar refractivity (Wildman–Crippen MR) is 89.3 cm³/mol. The number of esters is 1. The van der Waals surface area contributed by atoms with Crippen molar-refractivity contribution in [3.63, 3.8) is 0 Å². The Balaban J connectivity index is 2.07. The van der Waals surface area contributed by atoms with Crippen LogP contribution in [0.1, 0.15) is 12.6 Å². The number of para-hydroxylation sites is 1. The first-order chi connectivity index (χ1) is 11.3. The van der Waals surface area contributed by atoms with E-state index in [1.807, 2.05) is 72.2 Å². The zero-order valence-electron chi connectivity index (χ0n) is 13.0. The van der Waals surface area contributed by atoms with Crippen LogP contribution in [0.25, 0.3) is 16.9 Å². The molecule has 3 aromatic rings. The van der Waals surface area contributed by atoms with Gasteiger partial charge in [0.1, 0.15) is 6.33 Å². The van der Waals surface area contributed by atoms with Crippen LogP contribution in [-0.4, -0.2) is 22.1 Å². The molecule has 1 aromatic heterocycles. The largest absolute Gasteiger partial charge is 0.466 e. The maximum Gasteiger partial charge on any atom is 0.311 e. The van der Waals surface area contributed by atoms with Gasteiger partial charge in [0, 0.05) is 11.3 Å². The lowest BCUT2D eigenvalue weighted by molar-refractivity contribution is -0.142. The molecule has 0 unspecified atom stereocenters. The average Bonchev–Trinajstić information content (AvgIpc) is 3.00. The molecule has 2 aromatic carbocycles. The Morgan fingerprint density at radius 1 is 1.04 bits per heavy atom. The molecule has 0 amide bonds. The highest BCUT2D eigenvalue weighted by Gasteiger charge is 2.17. The average molecular weight is 306 g/mol. The van der Waals surface area contributed by atoms with Crippen molar-refractivity contribution in [2.45, 2.75) is 13.3 Å². The monoisotopic (exact) mass is 306 g/mol. The standard InChI is InChI=1S/C19H18N2O2/c1-2-23-18(22)13-17-19(15-9-5-3-6-10-15)20-14-21(17)16-11-7-4-8-12-16/h3-12,14H,2,13H2,1H3. The fourth-order valence-corrected chi connectivity index (χ4v) is 2.54.